The van der Waals surface area contributed by atoms with Gasteiger partial charge < -0.3 is 24.4 Å². The number of phenolic OH excluding ortho intramolecular Hbond substituents is 1. The number of esters is 1. The number of ether oxygens (including phenoxy) is 3. The quantitative estimate of drug-likeness (QED) is 0.554. The highest BCUT2D eigenvalue weighted by Gasteiger charge is 2.51. The summed E-state index contributed by atoms with van der Waals surface area (Å²) in [5.74, 6) is -0.601. The third-order valence-corrected chi connectivity index (χ3v) is 4.99. The number of benzene rings is 2. The van der Waals surface area contributed by atoms with Crippen LogP contribution in [0.2, 0.25) is 0 Å². The second kappa shape index (κ2) is 7.85. The molecule has 148 valence electrons. The first-order valence-corrected chi connectivity index (χ1v) is 8.67. The number of hydrogen-bond donors (Lipinski definition) is 2. The molecule has 0 spiro atoms. The fourth-order valence-electron chi connectivity index (χ4n) is 3.40. The Bertz CT molecular complexity index is 898. The zero-order chi connectivity index (χ0) is 20.3. The van der Waals surface area contributed by atoms with Crippen molar-refractivity contribution in [2.45, 2.75) is 18.4 Å². The zero-order valence-electron chi connectivity index (χ0n) is 15.5. The molecule has 0 radical (unpaired) electrons. The van der Waals surface area contributed by atoms with E-state index in [-0.39, 0.29) is 30.2 Å². The van der Waals surface area contributed by atoms with Crippen LogP contribution in [0.5, 0.6) is 17.2 Å². The summed E-state index contributed by atoms with van der Waals surface area (Å²) in [5.41, 5.74) is -0.194. The number of carbonyl (C=O) groups excluding carboxylic acids is 1. The Kier molecular flexibility index (Phi) is 5.51. The van der Waals surface area contributed by atoms with Crippen LogP contribution >= 0.6 is 0 Å². The zero-order valence-corrected chi connectivity index (χ0v) is 15.5. The number of cyclic esters (lactones) is 1. The van der Waals surface area contributed by atoms with Gasteiger partial charge in [-0.05, 0) is 47.0 Å². The molecule has 1 fully saturated rings. The lowest BCUT2D eigenvalue weighted by atomic mass is 9.81. The Balaban J connectivity index is 1.85. The Labute approximate surface area is 161 Å². The van der Waals surface area contributed by atoms with Crippen LogP contribution in [0, 0.1) is 10.8 Å². The fourth-order valence-corrected chi connectivity index (χ4v) is 3.40. The van der Waals surface area contributed by atoms with Crippen molar-refractivity contribution in [1.29, 1.82) is 0 Å². The van der Waals surface area contributed by atoms with Crippen molar-refractivity contribution in [1.82, 2.24) is 0 Å². The lowest BCUT2D eigenvalue weighted by molar-refractivity contribution is -0.154. The summed E-state index contributed by atoms with van der Waals surface area (Å²) in [7, 11) is 2.86. The van der Waals surface area contributed by atoms with E-state index in [1.807, 2.05) is 0 Å². The van der Waals surface area contributed by atoms with Crippen LogP contribution in [-0.4, -0.2) is 42.6 Å². The van der Waals surface area contributed by atoms with Gasteiger partial charge in [0.15, 0.2) is 17.1 Å². The summed E-state index contributed by atoms with van der Waals surface area (Å²) in [5, 5.41) is 23.7. The number of phenols is 1. The first-order valence-electron chi connectivity index (χ1n) is 8.67. The fraction of sp³-hybridized carbons (Fsp3) is 0.350. The molecule has 1 aliphatic rings. The van der Waals surface area contributed by atoms with Gasteiger partial charge in [-0.25, -0.2) is 4.79 Å². The van der Waals surface area contributed by atoms with E-state index in [2.05, 4.69) is 5.18 Å². The van der Waals surface area contributed by atoms with E-state index in [9.17, 15) is 19.9 Å². The monoisotopic (exact) mass is 387 g/mol. The molecule has 2 aromatic carbocycles. The number of nitrogens with zero attached hydrogens (tertiary/aromatic N) is 1. The van der Waals surface area contributed by atoms with Crippen molar-refractivity contribution in [2.24, 2.45) is 11.1 Å². The molecule has 1 aliphatic heterocycles. The summed E-state index contributed by atoms with van der Waals surface area (Å²) in [6.07, 6.45) is 0.352. The summed E-state index contributed by atoms with van der Waals surface area (Å²) in [6, 6.07) is 9.52. The minimum absolute atomic E-state index is 0.00121. The van der Waals surface area contributed by atoms with Crippen molar-refractivity contribution in [3.63, 3.8) is 0 Å². The molecule has 0 aliphatic carbocycles. The van der Waals surface area contributed by atoms with Gasteiger partial charge in [0.1, 0.15) is 11.4 Å². The number of hydrogen-bond acceptors (Lipinski definition) is 8. The number of rotatable bonds is 7. The molecule has 0 aromatic heterocycles. The van der Waals surface area contributed by atoms with Crippen molar-refractivity contribution in [3.8, 4) is 17.2 Å². The molecule has 3 rings (SSSR count). The Hall–Kier alpha value is -3.13. The van der Waals surface area contributed by atoms with E-state index in [1.54, 1.807) is 24.3 Å². The molecule has 28 heavy (non-hydrogen) atoms. The lowest BCUT2D eigenvalue weighted by Crippen LogP contribution is -2.44. The molecule has 8 heteroatoms. The van der Waals surface area contributed by atoms with Crippen molar-refractivity contribution in [2.75, 3.05) is 20.8 Å². The predicted molar refractivity (Wildman–Crippen MR) is 99.9 cm³/mol. The third-order valence-electron chi connectivity index (χ3n) is 4.99. The number of nitroso groups, excluding NO2 is 1. The maximum atomic E-state index is 12.3. The van der Waals surface area contributed by atoms with Crippen LogP contribution in [0.3, 0.4) is 0 Å². The van der Waals surface area contributed by atoms with Crippen molar-refractivity contribution in [3.05, 3.63) is 52.4 Å². The molecule has 2 N–H and O–H groups in total. The highest BCUT2D eigenvalue weighted by molar-refractivity contribution is 5.82. The summed E-state index contributed by atoms with van der Waals surface area (Å²) in [4.78, 5) is 23.1. The summed E-state index contributed by atoms with van der Waals surface area (Å²) in [6.45, 7) is 0.0731. The molecular formula is C20H21NO7. The topological polar surface area (TPSA) is 115 Å². The van der Waals surface area contributed by atoms with Crippen LogP contribution in [-0.2, 0) is 22.4 Å². The molecule has 2 atom stereocenters. The van der Waals surface area contributed by atoms with Crippen LogP contribution in [0.25, 0.3) is 0 Å². The van der Waals surface area contributed by atoms with Gasteiger partial charge in [-0.15, -0.1) is 4.91 Å². The molecule has 0 amide bonds. The maximum absolute atomic E-state index is 12.3. The van der Waals surface area contributed by atoms with Gasteiger partial charge in [-0.2, -0.15) is 0 Å². The Morgan fingerprint density at radius 2 is 1.82 bits per heavy atom. The minimum Gasteiger partial charge on any atom is -0.504 e. The van der Waals surface area contributed by atoms with Crippen LogP contribution in [0.4, 0.5) is 5.69 Å². The second-order valence-corrected chi connectivity index (χ2v) is 6.70. The molecule has 0 saturated carbocycles. The first-order chi connectivity index (χ1) is 13.4. The smallest absolute Gasteiger partial charge is 0.338 e. The average Bonchev–Trinajstić information content (AvgIpc) is 2.97. The number of aromatic hydroxyl groups is 1. The molecule has 0 bridgehead atoms. The normalized spacial score (nSPS) is 21.2. The molecular weight excluding hydrogens is 366 g/mol. The number of methoxy groups -OCH3 is 2. The minimum atomic E-state index is -1.73. The Morgan fingerprint density at radius 1 is 1.14 bits per heavy atom. The van der Waals surface area contributed by atoms with E-state index in [1.165, 1.54) is 26.4 Å². The number of carbonyl (C=O) groups is 1. The summed E-state index contributed by atoms with van der Waals surface area (Å²) >= 11 is 0. The number of aliphatic hydroxyl groups is 1. The average molecular weight is 387 g/mol. The maximum Gasteiger partial charge on any atom is 0.338 e. The van der Waals surface area contributed by atoms with E-state index in [4.69, 9.17) is 14.2 Å². The summed E-state index contributed by atoms with van der Waals surface area (Å²) < 4.78 is 15.4. The van der Waals surface area contributed by atoms with Crippen LogP contribution < -0.4 is 9.47 Å². The van der Waals surface area contributed by atoms with Crippen LogP contribution in [0.15, 0.2) is 41.6 Å². The van der Waals surface area contributed by atoms with Gasteiger partial charge in [0, 0.05) is 12.3 Å². The predicted octanol–water partition coefficient (Wildman–Crippen LogP) is 2.50. The Morgan fingerprint density at radius 3 is 2.50 bits per heavy atom. The first kappa shape index (κ1) is 19.6. The van der Waals surface area contributed by atoms with E-state index in [0.717, 1.165) is 5.56 Å². The van der Waals surface area contributed by atoms with Gasteiger partial charge in [0.2, 0.25) is 0 Å². The molecule has 1 saturated heterocycles. The van der Waals surface area contributed by atoms with Gasteiger partial charge in [-0.3, -0.25) is 0 Å². The molecule has 8 nitrogen and oxygen atoms in total. The van der Waals surface area contributed by atoms with Crippen LogP contribution in [0.1, 0.15) is 11.1 Å². The van der Waals surface area contributed by atoms with Crippen molar-refractivity contribution < 1.29 is 29.2 Å². The van der Waals surface area contributed by atoms with Gasteiger partial charge in [0.25, 0.3) is 0 Å². The van der Waals surface area contributed by atoms with Crippen molar-refractivity contribution >= 4 is 11.7 Å². The molecule has 1 heterocycles. The van der Waals surface area contributed by atoms with E-state index >= 15 is 0 Å². The van der Waals surface area contributed by atoms with Gasteiger partial charge in [-0.1, -0.05) is 12.1 Å². The molecule has 2 aromatic rings. The van der Waals surface area contributed by atoms with E-state index in [0.29, 0.717) is 17.7 Å². The largest absolute Gasteiger partial charge is 0.504 e. The van der Waals surface area contributed by atoms with E-state index < -0.39 is 17.5 Å². The SMILES string of the molecule is COc1cc(CC2COC(=O)C2(O)Cc2ccc(N=O)c(OC)c2)ccc1O. The highest BCUT2D eigenvalue weighted by atomic mass is 16.6. The second-order valence-electron chi connectivity index (χ2n) is 6.70. The van der Waals surface area contributed by atoms with Gasteiger partial charge in [0.05, 0.1) is 20.8 Å². The molecule has 2 unspecified atom stereocenters. The third kappa shape index (κ3) is 3.63. The standard InChI is InChI=1S/C20H21NO7/c1-26-17-9-13(3-5-15(17)21-25)10-20(24)14(11-28-19(20)23)7-12-4-6-16(22)18(8-12)27-2/h3-6,8-9,14,22,24H,7,10-11H2,1-2H3. The van der Waals surface area contributed by atoms with Gasteiger partial charge >= 0.3 is 5.97 Å². The lowest BCUT2D eigenvalue weighted by Gasteiger charge is -2.26. The highest BCUT2D eigenvalue weighted by Crippen LogP contribution is 2.37.